The van der Waals surface area contributed by atoms with Gasteiger partial charge in [-0.15, -0.1) is 17.9 Å². The third-order valence-corrected chi connectivity index (χ3v) is 4.92. The van der Waals surface area contributed by atoms with E-state index in [1.54, 1.807) is 25.6 Å². The van der Waals surface area contributed by atoms with Crippen LogP contribution < -0.4 is 14.3 Å². The number of rotatable bonds is 6. The second-order valence-electron chi connectivity index (χ2n) is 5.82. The van der Waals surface area contributed by atoms with Crippen molar-refractivity contribution in [2.45, 2.75) is 13.5 Å². The third-order valence-electron chi connectivity index (χ3n) is 4.06. The fraction of sp³-hybridized carbons (Fsp3) is 0.190. The number of hydrogen-bond donors (Lipinski definition) is 0. The minimum Gasteiger partial charge on any atom is -0.497 e. The first kappa shape index (κ1) is 18.0. The van der Waals surface area contributed by atoms with E-state index >= 15 is 0 Å². The SMILES string of the molecule is C=CCn1c(-c2ccc(C)cc2)csc1=Nc1ccc(OC)cc1OC. The first-order valence-corrected chi connectivity index (χ1v) is 9.17. The van der Waals surface area contributed by atoms with Gasteiger partial charge in [-0.25, -0.2) is 4.99 Å². The molecule has 0 atom stereocenters. The van der Waals surface area contributed by atoms with Gasteiger partial charge < -0.3 is 14.0 Å². The standard InChI is InChI=1S/C21H22N2O2S/c1-5-12-23-19(16-8-6-15(2)7-9-16)14-26-21(23)22-18-11-10-17(24-3)13-20(18)25-4/h5-11,13-14H,1,12H2,2-4H3. The van der Waals surface area contributed by atoms with Gasteiger partial charge in [-0.3, -0.25) is 0 Å². The molecule has 1 heterocycles. The summed E-state index contributed by atoms with van der Waals surface area (Å²) >= 11 is 1.60. The number of hydrogen-bond acceptors (Lipinski definition) is 4. The molecule has 0 aliphatic carbocycles. The first-order chi connectivity index (χ1) is 12.7. The Balaban J connectivity index is 2.12. The smallest absolute Gasteiger partial charge is 0.190 e. The van der Waals surface area contributed by atoms with Crippen molar-refractivity contribution in [3.8, 4) is 22.8 Å². The summed E-state index contributed by atoms with van der Waals surface area (Å²) in [4.78, 5) is 5.72. The van der Waals surface area contributed by atoms with Gasteiger partial charge >= 0.3 is 0 Å². The van der Waals surface area contributed by atoms with E-state index in [0.29, 0.717) is 12.3 Å². The molecule has 1 aromatic heterocycles. The van der Waals surface area contributed by atoms with Crippen LogP contribution in [0.2, 0.25) is 0 Å². The fourth-order valence-corrected chi connectivity index (χ4v) is 3.59. The van der Waals surface area contributed by atoms with Crippen molar-refractivity contribution in [1.82, 2.24) is 4.57 Å². The maximum atomic E-state index is 5.47. The van der Waals surface area contributed by atoms with Gasteiger partial charge in [0.05, 0.1) is 19.9 Å². The minimum atomic E-state index is 0.680. The lowest BCUT2D eigenvalue weighted by atomic mass is 10.1. The molecule has 0 radical (unpaired) electrons. The zero-order valence-corrected chi connectivity index (χ0v) is 16.0. The van der Waals surface area contributed by atoms with E-state index in [1.807, 2.05) is 24.3 Å². The number of ether oxygens (including phenoxy) is 2. The van der Waals surface area contributed by atoms with Gasteiger partial charge in [-0.1, -0.05) is 35.9 Å². The van der Waals surface area contributed by atoms with E-state index in [0.717, 1.165) is 27.5 Å². The van der Waals surface area contributed by atoms with Gasteiger partial charge in [0.2, 0.25) is 0 Å². The summed E-state index contributed by atoms with van der Waals surface area (Å²) in [5.74, 6) is 1.42. The van der Waals surface area contributed by atoms with E-state index in [1.165, 1.54) is 5.56 Å². The van der Waals surface area contributed by atoms with Crippen molar-refractivity contribution in [3.05, 3.63) is 70.9 Å². The summed E-state index contributed by atoms with van der Waals surface area (Å²) in [5, 5.41) is 2.13. The summed E-state index contributed by atoms with van der Waals surface area (Å²) < 4.78 is 12.9. The molecule has 4 nitrogen and oxygen atoms in total. The molecule has 0 bridgehead atoms. The lowest BCUT2D eigenvalue weighted by Gasteiger charge is -2.08. The first-order valence-electron chi connectivity index (χ1n) is 8.29. The molecule has 5 heteroatoms. The van der Waals surface area contributed by atoms with Gasteiger partial charge in [-0.05, 0) is 24.6 Å². The van der Waals surface area contributed by atoms with E-state index in [2.05, 4.69) is 47.7 Å². The molecule has 0 aliphatic heterocycles. The van der Waals surface area contributed by atoms with E-state index < -0.39 is 0 Å². The zero-order valence-electron chi connectivity index (χ0n) is 15.2. The van der Waals surface area contributed by atoms with Crippen LogP contribution in [0.15, 0.2) is 65.5 Å². The largest absolute Gasteiger partial charge is 0.497 e. The Kier molecular flexibility index (Phi) is 5.58. The van der Waals surface area contributed by atoms with Crippen molar-refractivity contribution >= 4 is 17.0 Å². The maximum Gasteiger partial charge on any atom is 0.190 e. The van der Waals surface area contributed by atoms with Crippen molar-refractivity contribution in [2.24, 2.45) is 4.99 Å². The summed E-state index contributed by atoms with van der Waals surface area (Å²) in [7, 11) is 3.27. The molecule has 3 aromatic rings. The van der Waals surface area contributed by atoms with Crippen molar-refractivity contribution in [3.63, 3.8) is 0 Å². The zero-order chi connectivity index (χ0) is 18.5. The molecular formula is C21H22N2O2S. The average molecular weight is 366 g/mol. The quantitative estimate of drug-likeness (QED) is 0.578. The maximum absolute atomic E-state index is 5.47. The molecule has 0 N–H and O–H groups in total. The second-order valence-corrected chi connectivity index (χ2v) is 6.65. The number of benzene rings is 2. The third kappa shape index (κ3) is 3.73. The van der Waals surface area contributed by atoms with Gasteiger partial charge in [0.15, 0.2) is 4.80 Å². The molecule has 0 saturated heterocycles. The lowest BCUT2D eigenvalue weighted by molar-refractivity contribution is 0.395. The van der Waals surface area contributed by atoms with E-state index in [-0.39, 0.29) is 0 Å². The predicted molar refractivity (Wildman–Crippen MR) is 107 cm³/mol. The van der Waals surface area contributed by atoms with Crippen LogP contribution in [-0.2, 0) is 6.54 Å². The van der Waals surface area contributed by atoms with E-state index in [9.17, 15) is 0 Å². The Hall–Kier alpha value is -2.79. The molecule has 0 amide bonds. The highest BCUT2D eigenvalue weighted by atomic mass is 32.1. The van der Waals surface area contributed by atoms with Crippen LogP contribution in [-0.4, -0.2) is 18.8 Å². The Labute approximate surface area is 157 Å². The average Bonchev–Trinajstić information content (AvgIpc) is 3.05. The van der Waals surface area contributed by atoms with Crippen molar-refractivity contribution in [1.29, 1.82) is 0 Å². The second kappa shape index (κ2) is 8.06. The highest BCUT2D eigenvalue weighted by Crippen LogP contribution is 2.31. The van der Waals surface area contributed by atoms with E-state index in [4.69, 9.17) is 14.5 Å². The van der Waals surface area contributed by atoms with Gasteiger partial charge in [0, 0.05) is 18.0 Å². The number of aryl methyl sites for hydroxylation is 1. The van der Waals surface area contributed by atoms with Gasteiger partial charge in [0.25, 0.3) is 0 Å². The highest BCUT2D eigenvalue weighted by molar-refractivity contribution is 7.07. The monoisotopic (exact) mass is 366 g/mol. The molecule has 0 aliphatic rings. The molecule has 0 unspecified atom stereocenters. The number of thiazole rings is 1. The van der Waals surface area contributed by atoms with Crippen molar-refractivity contribution < 1.29 is 9.47 Å². The molecule has 134 valence electrons. The summed E-state index contributed by atoms with van der Waals surface area (Å²) in [5.41, 5.74) is 4.30. The highest BCUT2D eigenvalue weighted by Gasteiger charge is 2.09. The number of aromatic nitrogens is 1. The normalized spacial score (nSPS) is 11.4. The molecule has 0 saturated carbocycles. The van der Waals surface area contributed by atoms with Crippen molar-refractivity contribution in [2.75, 3.05) is 14.2 Å². The van der Waals surface area contributed by atoms with Crippen LogP contribution in [0.3, 0.4) is 0 Å². The molecular weight excluding hydrogens is 344 g/mol. The number of nitrogens with zero attached hydrogens (tertiary/aromatic N) is 2. The van der Waals surface area contributed by atoms with Gasteiger partial charge in [-0.2, -0.15) is 0 Å². The van der Waals surface area contributed by atoms with Gasteiger partial charge in [0.1, 0.15) is 17.2 Å². The predicted octanol–water partition coefficient (Wildman–Crippen LogP) is 4.96. The topological polar surface area (TPSA) is 35.8 Å². The Morgan fingerprint density at radius 1 is 1.12 bits per heavy atom. The lowest BCUT2D eigenvalue weighted by Crippen LogP contribution is -2.14. The molecule has 26 heavy (non-hydrogen) atoms. The minimum absolute atomic E-state index is 0.680. The molecule has 2 aromatic carbocycles. The Morgan fingerprint density at radius 2 is 1.88 bits per heavy atom. The Bertz CT molecular complexity index is 968. The summed E-state index contributed by atoms with van der Waals surface area (Å²) in [6.45, 7) is 6.66. The molecule has 0 fully saturated rings. The van der Waals surface area contributed by atoms with Crippen LogP contribution >= 0.6 is 11.3 Å². The fourth-order valence-electron chi connectivity index (χ4n) is 2.66. The van der Waals surface area contributed by atoms with Crippen LogP contribution in [0, 0.1) is 6.92 Å². The summed E-state index contributed by atoms with van der Waals surface area (Å²) in [6, 6.07) is 14.1. The van der Waals surface area contributed by atoms with Crippen LogP contribution in [0.4, 0.5) is 5.69 Å². The van der Waals surface area contributed by atoms with Crippen LogP contribution in [0.25, 0.3) is 11.3 Å². The van der Waals surface area contributed by atoms with Crippen LogP contribution in [0.5, 0.6) is 11.5 Å². The van der Waals surface area contributed by atoms with Crippen LogP contribution in [0.1, 0.15) is 5.56 Å². The molecule has 3 rings (SSSR count). The Morgan fingerprint density at radius 3 is 2.54 bits per heavy atom. The number of allylic oxidation sites excluding steroid dienone is 1. The summed E-state index contributed by atoms with van der Waals surface area (Å²) in [6.07, 6.45) is 1.88. The number of methoxy groups -OCH3 is 2. The molecule has 0 spiro atoms.